The second kappa shape index (κ2) is 4.79. The number of benzene rings is 1. The molecule has 3 rings (SSSR count). The number of fused-ring (bicyclic) bond motifs is 1. The molecule has 3 N–H and O–H groups in total. The standard InChI is InChI=1S/C14H16N2O4/c17-8-5-12(14(19)20)16(7-8)13(18)10-6-15-11-4-2-1-3-9(10)11/h1-4,8,10,12,15,17H,5-7H2,(H,19,20)/t8-,10?,12+/m1/s1. The Morgan fingerprint density at radius 2 is 2.05 bits per heavy atom. The normalized spacial score (nSPS) is 28.1. The number of para-hydroxylation sites is 1. The van der Waals surface area contributed by atoms with Crippen LogP contribution in [0.3, 0.4) is 0 Å². The second-order valence-electron chi connectivity index (χ2n) is 5.25. The molecular weight excluding hydrogens is 260 g/mol. The highest BCUT2D eigenvalue weighted by molar-refractivity contribution is 5.91. The summed E-state index contributed by atoms with van der Waals surface area (Å²) in [6.07, 6.45) is -0.660. The van der Waals surface area contributed by atoms with Crippen LogP contribution < -0.4 is 5.32 Å². The molecule has 20 heavy (non-hydrogen) atoms. The van der Waals surface area contributed by atoms with Crippen molar-refractivity contribution in [3.63, 3.8) is 0 Å². The Balaban J connectivity index is 1.85. The number of anilines is 1. The Hall–Kier alpha value is -2.08. The molecule has 2 aliphatic rings. The van der Waals surface area contributed by atoms with Crippen molar-refractivity contribution in [3.05, 3.63) is 29.8 Å². The number of likely N-dealkylation sites (tertiary alicyclic amines) is 1. The molecule has 0 spiro atoms. The van der Waals surface area contributed by atoms with Gasteiger partial charge in [-0.3, -0.25) is 4.79 Å². The molecule has 3 atom stereocenters. The number of hydrogen-bond donors (Lipinski definition) is 3. The number of hydrogen-bond acceptors (Lipinski definition) is 4. The van der Waals surface area contributed by atoms with Gasteiger partial charge in [-0.05, 0) is 11.6 Å². The van der Waals surface area contributed by atoms with Gasteiger partial charge in [0.15, 0.2) is 0 Å². The van der Waals surface area contributed by atoms with Crippen molar-refractivity contribution in [2.45, 2.75) is 24.5 Å². The third-order valence-electron chi connectivity index (χ3n) is 3.98. The lowest BCUT2D eigenvalue weighted by Crippen LogP contribution is -2.43. The van der Waals surface area contributed by atoms with Gasteiger partial charge in [0.2, 0.25) is 5.91 Å². The van der Waals surface area contributed by atoms with Crippen LogP contribution in [-0.2, 0) is 9.59 Å². The molecule has 1 aromatic carbocycles. The first-order valence-electron chi connectivity index (χ1n) is 6.62. The van der Waals surface area contributed by atoms with Crippen LogP contribution in [0.1, 0.15) is 17.9 Å². The molecule has 0 saturated carbocycles. The van der Waals surface area contributed by atoms with Crippen molar-refractivity contribution in [2.75, 3.05) is 18.4 Å². The van der Waals surface area contributed by atoms with Crippen molar-refractivity contribution >= 4 is 17.6 Å². The van der Waals surface area contributed by atoms with E-state index in [-0.39, 0.29) is 24.8 Å². The van der Waals surface area contributed by atoms with Crippen LogP contribution in [0.5, 0.6) is 0 Å². The van der Waals surface area contributed by atoms with Crippen LogP contribution in [0.25, 0.3) is 0 Å². The van der Waals surface area contributed by atoms with Crippen LogP contribution >= 0.6 is 0 Å². The van der Waals surface area contributed by atoms with E-state index in [1.54, 1.807) is 0 Å². The molecule has 106 valence electrons. The zero-order valence-corrected chi connectivity index (χ0v) is 10.8. The Labute approximate surface area is 116 Å². The molecule has 0 aliphatic carbocycles. The third kappa shape index (κ3) is 2.02. The number of aliphatic hydroxyl groups is 1. The average Bonchev–Trinajstić information content (AvgIpc) is 3.01. The van der Waals surface area contributed by atoms with Gasteiger partial charge in [0.1, 0.15) is 6.04 Å². The van der Waals surface area contributed by atoms with Gasteiger partial charge >= 0.3 is 5.97 Å². The first-order chi connectivity index (χ1) is 9.58. The predicted molar refractivity (Wildman–Crippen MR) is 71.4 cm³/mol. The predicted octanol–water partition coefficient (Wildman–Crippen LogP) is 0.242. The number of carbonyl (C=O) groups excluding carboxylic acids is 1. The van der Waals surface area contributed by atoms with Gasteiger partial charge < -0.3 is 20.4 Å². The van der Waals surface area contributed by atoms with Gasteiger partial charge in [0.05, 0.1) is 12.0 Å². The highest BCUT2D eigenvalue weighted by Crippen LogP contribution is 2.34. The van der Waals surface area contributed by atoms with E-state index >= 15 is 0 Å². The first-order valence-corrected chi connectivity index (χ1v) is 6.62. The van der Waals surface area contributed by atoms with Crippen molar-refractivity contribution in [2.24, 2.45) is 0 Å². The summed E-state index contributed by atoms with van der Waals surface area (Å²) in [5.74, 6) is -1.67. The van der Waals surface area contributed by atoms with Crippen LogP contribution in [0.4, 0.5) is 5.69 Å². The lowest BCUT2D eigenvalue weighted by molar-refractivity contribution is -0.148. The van der Waals surface area contributed by atoms with Crippen molar-refractivity contribution in [1.29, 1.82) is 0 Å². The third-order valence-corrected chi connectivity index (χ3v) is 3.98. The van der Waals surface area contributed by atoms with Crippen LogP contribution in [0.15, 0.2) is 24.3 Å². The van der Waals surface area contributed by atoms with Crippen molar-refractivity contribution in [3.8, 4) is 0 Å². The minimum Gasteiger partial charge on any atom is -0.480 e. The number of aliphatic carboxylic acids is 1. The van der Waals surface area contributed by atoms with Gasteiger partial charge in [-0.25, -0.2) is 4.79 Å². The van der Waals surface area contributed by atoms with Gasteiger partial charge in [0, 0.05) is 25.2 Å². The molecule has 1 fully saturated rings. The Bertz CT molecular complexity index is 560. The molecule has 1 amide bonds. The van der Waals surface area contributed by atoms with Gasteiger partial charge in [-0.1, -0.05) is 18.2 Å². The summed E-state index contributed by atoms with van der Waals surface area (Å²) in [5.41, 5.74) is 1.81. The number of nitrogens with zero attached hydrogens (tertiary/aromatic N) is 1. The largest absolute Gasteiger partial charge is 0.480 e. The first kappa shape index (κ1) is 12.9. The lowest BCUT2D eigenvalue weighted by atomic mass is 9.99. The van der Waals surface area contributed by atoms with Gasteiger partial charge in [0.25, 0.3) is 0 Å². The Morgan fingerprint density at radius 1 is 1.30 bits per heavy atom. The topological polar surface area (TPSA) is 89.9 Å². The summed E-state index contributed by atoms with van der Waals surface area (Å²) in [7, 11) is 0. The number of aliphatic hydroxyl groups excluding tert-OH is 1. The summed E-state index contributed by atoms with van der Waals surface area (Å²) < 4.78 is 0. The highest BCUT2D eigenvalue weighted by Gasteiger charge is 2.42. The Morgan fingerprint density at radius 3 is 2.80 bits per heavy atom. The molecule has 1 aromatic rings. The molecule has 0 radical (unpaired) electrons. The molecule has 2 heterocycles. The zero-order valence-electron chi connectivity index (χ0n) is 10.8. The zero-order chi connectivity index (χ0) is 14.3. The van der Waals surface area contributed by atoms with Crippen LogP contribution in [0.2, 0.25) is 0 Å². The SMILES string of the molecule is O=C(O)[C@@H]1C[C@@H](O)CN1C(=O)C1CNc2ccccc21. The molecule has 1 unspecified atom stereocenters. The fourth-order valence-electron chi connectivity index (χ4n) is 3.00. The molecular formula is C14H16N2O4. The molecule has 1 saturated heterocycles. The fraction of sp³-hybridized carbons (Fsp3) is 0.429. The maximum atomic E-state index is 12.6. The summed E-state index contributed by atoms with van der Waals surface area (Å²) in [6, 6.07) is 6.60. The van der Waals surface area contributed by atoms with E-state index in [0.29, 0.717) is 6.54 Å². The quantitative estimate of drug-likeness (QED) is 0.720. The summed E-state index contributed by atoms with van der Waals surface area (Å²) in [4.78, 5) is 25.1. The monoisotopic (exact) mass is 276 g/mol. The molecule has 6 heteroatoms. The summed E-state index contributed by atoms with van der Waals surface area (Å²) in [5, 5.41) is 22.0. The average molecular weight is 276 g/mol. The lowest BCUT2D eigenvalue weighted by Gasteiger charge is -2.24. The number of nitrogens with one attached hydrogen (secondary N) is 1. The van der Waals surface area contributed by atoms with E-state index in [2.05, 4.69) is 5.32 Å². The minimum atomic E-state index is -1.06. The van der Waals surface area contributed by atoms with E-state index < -0.39 is 18.1 Å². The number of β-amino-alcohol motifs (C(OH)–C–C–N with tert-alkyl or cyclic N) is 1. The minimum absolute atomic E-state index is 0.0917. The number of amides is 1. The van der Waals surface area contributed by atoms with Gasteiger partial charge in [-0.15, -0.1) is 0 Å². The van der Waals surface area contributed by atoms with E-state index in [1.165, 1.54) is 4.90 Å². The molecule has 0 bridgehead atoms. The van der Waals surface area contributed by atoms with E-state index in [4.69, 9.17) is 5.11 Å². The smallest absolute Gasteiger partial charge is 0.326 e. The number of carboxylic acids is 1. The van der Waals surface area contributed by atoms with Gasteiger partial charge in [-0.2, -0.15) is 0 Å². The van der Waals surface area contributed by atoms with Crippen LogP contribution in [0, 0.1) is 0 Å². The number of carbonyl (C=O) groups is 2. The maximum Gasteiger partial charge on any atom is 0.326 e. The van der Waals surface area contributed by atoms with Crippen molar-refractivity contribution < 1.29 is 19.8 Å². The molecule has 6 nitrogen and oxygen atoms in total. The van der Waals surface area contributed by atoms with E-state index in [1.807, 2.05) is 24.3 Å². The summed E-state index contributed by atoms with van der Waals surface area (Å²) >= 11 is 0. The second-order valence-corrected chi connectivity index (χ2v) is 5.25. The highest BCUT2D eigenvalue weighted by atomic mass is 16.4. The number of carboxylic acid groups (broad SMARTS) is 1. The van der Waals surface area contributed by atoms with E-state index in [9.17, 15) is 14.7 Å². The molecule has 2 aliphatic heterocycles. The van der Waals surface area contributed by atoms with E-state index in [0.717, 1.165) is 11.3 Å². The van der Waals surface area contributed by atoms with Crippen LogP contribution in [-0.4, -0.2) is 52.2 Å². The fourth-order valence-corrected chi connectivity index (χ4v) is 3.00. The maximum absolute atomic E-state index is 12.6. The van der Waals surface area contributed by atoms with Crippen molar-refractivity contribution in [1.82, 2.24) is 4.90 Å². The Kier molecular flexibility index (Phi) is 3.10. The number of rotatable bonds is 2. The summed E-state index contributed by atoms with van der Waals surface area (Å²) in [6.45, 7) is 0.561. The molecule has 0 aromatic heterocycles.